The quantitative estimate of drug-likeness (QED) is 0.795. The fourth-order valence-corrected chi connectivity index (χ4v) is 3.09. The third-order valence-corrected chi connectivity index (χ3v) is 3.73. The van der Waals surface area contributed by atoms with Crippen molar-refractivity contribution in [3.8, 4) is 0 Å². The highest BCUT2D eigenvalue weighted by molar-refractivity contribution is 4.80. The first-order valence-corrected chi connectivity index (χ1v) is 6.95. The van der Waals surface area contributed by atoms with Gasteiger partial charge in [0.1, 0.15) is 0 Å². The zero-order valence-corrected chi connectivity index (χ0v) is 11.1. The van der Waals surface area contributed by atoms with Crippen LogP contribution in [0.25, 0.3) is 0 Å². The van der Waals surface area contributed by atoms with E-state index in [1.807, 2.05) is 23.1 Å². The van der Waals surface area contributed by atoms with Crippen LogP contribution in [0.15, 0.2) is 18.5 Å². The maximum atomic E-state index is 4.21. The molecule has 0 aromatic carbocycles. The van der Waals surface area contributed by atoms with Gasteiger partial charge in [0.05, 0.1) is 0 Å². The largest absolute Gasteiger partial charge is 0.314 e. The van der Waals surface area contributed by atoms with Crippen molar-refractivity contribution in [1.82, 2.24) is 15.1 Å². The van der Waals surface area contributed by atoms with Crippen LogP contribution in [-0.2, 0) is 6.54 Å². The maximum Gasteiger partial charge on any atom is 0.0489 e. The molecule has 1 fully saturated rings. The predicted molar refractivity (Wildman–Crippen MR) is 70.8 cm³/mol. The molecule has 0 radical (unpaired) electrons. The van der Waals surface area contributed by atoms with Gasteiger partial charge < -0.3 is 5.32 Å². The molecule has 1 aromatic rings. The van der Waals surface area contributed by atoms with E-state index in [9.17, 15) is 0 Å². The molecule has 17 heavy (non-hydrogen) atoms. The third-order valence-electron chi connectivity index (χ3n) is 3.73. The van der Waals surface area contributed by atoms with E-state index in [1.54, 1.807) is 0 Å². The highest BCUT2D eigenvalue weighted by atomic mass is 15.3. The first-order chi connectivity index (χ1) is 8.24. The maximum absolute atomic E-state index is 4.21. The van der Waals surface area contributed by atoms with Gasteiger partial charge in [0.25, 0.3) is 0 Å². The van der Waals surface area contributed by atoms with Crippen molar-refractivity contribution >= 4 is 0 Å². The number of rotatable bonds is 5. The van der Waals surface area contributed by atoms with Crippen LogP contribution in [0.5, 0.6) is 0 Å². The van der Waals surface area contributed by atoms with Gasteiger partial charge in [-0.25, -0.2) is 0 Å². The van der Waals surface area contributed by atoms with Crippen molar-refractivity contribution in [1.29, 1.82) is 0 Å². The number of nitrogens with one attached hydrogen (secondary N) is 1. The fraction of sp³-hybridized carbons (Fsp3) is 0.786. The molecule has 0 aliphatic heterocycles. The molecular weight excluding hydrogens is 210 g/mol. The molecule has 0 saturated heterocycles. The Morgan fingerprint density at radius 1 is 1.24 bits per heavy atom. The molecule has 3 nitrogen and oxygen atoms in total. The second-order valence-corrected chi connectivity index (χ2v) is 5.69. The summed E-state index contributed by atoms with van der Waals surface area (Å²) in [6.45, 7) is 6.91. The molecular formula is C14H25N3. The van der Waals surface area contributed by atoms with E-state index in [2.05, 4.69) is 24.3 Å². The lowest BCUT2D eigenvalue weighted by Crippen LogP contribution is -2.37. The van der Waals surface area contributed by atoms with Crippen LogP contribution in [0.1, 0.15) is 39.5 Å². The van der Waals surface area contributed by atoms with Crippen LogP contribution in [0.3, 0.4) is 0 Å². The summed E-state index contributed by atoms with van der Waals surface area (Å²) in [6.07, 6.45) is 9.16. The minimum atomic E-state index is 0.742. The van der Waals surface area contributed by atoms with E-state index in [0.29, 0.717) is 0 Å². The van der Waals surface area contributed by atoms with E-state index in [-0.39, 0.29) is 0 Å². The van der Waals surface area contributed by atoms with E-state index < -0.39 is 0 Å². The zero-order valence-electron chi connectivity index (χ0n) is 11.1. The van der Waals surface area contributed by atoms with E-state index >= 15 is 0 Å². The van der Waals surface area contributed by atoms with Crippen molar-refractivity contribution in [2.24, 2.45) is 11.8 Å². The van der Waals surface area contributed by atoms with Gasteiger partial charge in [-0.3, -0.25) is 4.68 Å². The van der Waals surface area contributed by atoms with E-state index in [0.717, 1.165) is 31.0 Å². The molecule has 3 heteroatoms. The molecule has 0 bridgehead atoms. The Labute approximate surface area is 105 Å². The number of nitrogens with zero attached hydrogens (tertiary/aromatic N) is 2. The highest BCUT2D eigenvalue weighted by Crippen LogP contribution is 2.28. The molecule has 1 saturated carbocycles. The first-order valence-electron chi connectivity index (χ1n) is 6.95. The molecule has 0 amide bonds. The summed E-state index contributed by atoms with van der Waals surface area (Å²) in [5, 5.41) is 7.92. The molecule has 0 spiro atoms. The van der Waals surface area contributed by atoms with Gasteiger partial charge in [-0.05, 0) is 50.1 Å². The summed E-state index contributed by atoms with van der Waals surface area (Å²) in [5.74, 6) is 1.78. The molecule has 2 rings (SSSR count). The Hall–Kier alpha value is -0.830. The average Bonchev–Trinajstić information content (AvgIpc) is 2.76. The van der Waals surface area contributed by atoms with Crippen LogP contribution in [0.2, 0.25) is 0 Å². The number of aryl methyl sites for hydroxylation is 1. The van der Waals surface area contributed by atoms with Gasteiger partial charge in [-0.15, -0.1) is 0 Å². The fourth-order valence-electron chi connectivity index (χ4n) is 3.09. The van der Waals surface area contributed by atoms with Crippen molar-refractivity contribution in [3.63, 3.8) is 0 Å². The minimum Gasteiger partial charge on any atom is -0.314 e. The predicted octanol–water partition coefficient (Wildman–Crippen LogP) is 2.69. The summed E-state index contributed by atoms with van der Waals surface area (Å²) in [6, 6.07) is 2.73. The van der Waals surface area contributed by atoms with Crippen LogP contribution in [0, 0.1) is 11.8 Å². The second kappa shape index (κ2) is 6.20. The Balaban J connectivity index is 1.61. The van der Waals surface area contributed by atoms with Crippen molar-refractivity contribution < 1.29 is 0 Å². The SMILES string of the molecule is CC1CC(C)CC(NCCCn2cccn2)C1. The lowest BCUT2D eigenvalue weighted by atomic mass is 9.80. The second-order valence-electron chi connectivity index (χ2n) is 5.69. The summed E-state index contributed by atoms with van der Waals surface area (Å²) in [5.41, 5.74) is 0. The van der Waals surface area contributed by atoms with Gasteiger partial charge in [0.2, 0.25) is 0 Å². The summed E-state index contributed by atoms with van der Waals surface area (Å²) in [7, 11) is 0. The zero-order chi connectivity index (χ0) is 12.1. The van der Waals surface area contributed by atoms with E-state index in [1.165, 1.54) is 25.7 Å². The Morgan fingerprint density at radius 3 is 2.65 bits per heavy atom. The van der Waals surface area contributed by atoms with Crippen molar-refractivity contribution in [3.05, 3.63) is 18.5 Å². The molecule has 1 aliphatic carbocycles. The average molecular weight is 235 g/mol. The lowest BCUT2D eigenvalue weighted by molar-refractivity contribution is 0.238. The molecule has 1 heterocycles. The molecule has 1 N–H and O–H groups in total. The van der Waals surface area contributed by atoms with Crippen LogP contribution in [-0.4, -0.2) is 22.4 Å². The topological polar surface area (TPSA) is 29.9 Å². The molecule has 1 aliphatic rings. The Morgan fingerprint density at radius 2 is 2.00 bits per heavy atom. The minimum absolute atomic E-state index is 0.742. The van der Waals surface area contributed by atoms with Crippen LogP contribution >= 0.6 is 0 Å². The standard InChI is InChI=1S/C14H25N3/c1-12-9-13(2)11-14(10-12)15-5-3-7-17-8-4-6-16-17/h4,6,8,12-15H,3,5,7,9-11H2,1-2H3. The van der Waals surface area contributed by atoms with Gasteiger partial charge >= 0.3 is 0 Å². The number of aromatic nitrogens is 2. The van der Waals surface area contributed by atoms with Gasteiger partial charge in [0, 0.05) is 25.0 Å². The molecule has 1 aromatic heterocycles. The lowest BCUT2D eigenvalue weighted by Gasteiger charge is -2.32. The van der Waals surface area contributed by atoms with Gasteiger partial charge in [-0.1, -0.05) is 13.8 Å². The van der Waals surface area contributed by atoms with Gasteiger partial charge in [0.15, 0.2) is 0 Å². The molecule has 96 valence electrons. The first kappa shape index (κ1) is 12.6. The van der Waals surface area contributed by atoms with Gasteiger partial charge in [-0.2, -0.15) is 5.10 Å². The summed E-state index contributed by atoms with van der Waals surface area (Å²) < 4.78 is 2.01. The number of hydrogen-bond donors (Lipinski definition) is 1. The Bertz CT molecular complexity index is 297. The highest BCUT2D eigenvalue weighted by Gasteiger charge is 2.22. The monoisotopic (exact) mass is 235 g/mol. The van der Waals surface area contributed by atoms with E-state index in [4.69, 9.17) is 0 Å². The van der Waals surface area contributed by atoms with Crippen LogP contribution < -0.4 is 5.32 Å². The summed E-state index contributed by atoms with van der Waals surface area (Å²) in [4.78, 5) is 0. The van der Waals surface area contributed by atoms with Crippen molar-refractivity contribution in [2.45, 2.75) is 52.1 Å². The normalized spacial score (nSPS) is 29.4. The van der Waals surface area contributed by atoms with Crippen LogP contribution in [0.4, 0.5) is 0 Å². The molecule has 2 unspecified atom stereocenters. The third kappa shape index (κ3) is 4.15. The molecule has 2 atom stereocenters. The van der Waals surface area contributed by atoms with Crippen molar-refractivity contribution in [2.75, 3.05) is 6.54 Å². The summed E-state index contributed by atoms with van der Waals surface area (Å²) >= 11 is 0. The smallest absolute Gasteiger partial charge is 0.0489 e. The Kier molecular flexibility index (Phi) is 4.60. The number of hydrogen-bond acceptors (Lipinski definition) is 2.